The molecule has 0 amide bonds. The van der Waals surface area contributed by atoms with E-state index in [1.807, 2.05) is 0 Å². The number of hydrogen-bond donors (Lipinski definition) is 2. The van der Waals surface area contributed by atoms with Gasteiger partial charge in [0.05, 0.1) is 0 Å². The second-order valence-corrected chi connectivity index (χ2v) is 6.93. The van der Waals surface area contributed by atoms with E-state index in [1.165, 1.54) is 77.5 Å². The molecule has 0 saturated heterocycles. The summed E-state index contributed by atoms with van der Waals surface area (Å²) in [6.07, 6.45) is 10.8. The Hall–Kier alpha value is -0.160. The zero-order valence-electron chi connectivity index (χ0n) is 15.8. The molecule has 0 atom stereocenters. The SMILES string of the molecule is CN(C)CCCNCCCCCCCCNCCCN(C)C. The monoisotopic (exact) mass is 314 g/mol. The predicted molar refractivity (Wildman–Crippen MR) is 99.8 cm³/mol. The first kappa shape index (κ1) is 21.8. The third-order valence-electron chi connectivity index (χ3n) is 3.87. The number of unbranched alkanes of at least 4 members (excludes halogenated alkanes) is 5. The molecule has 0 unspecified atom stereocenters. The third-order valence-corrected chi connectivity index (χ3v) is 3.87. The highest BCUT2D eigenvalue weighted by Crippen LogP contribution is 2.04. The van der Waals surface area contributed by atoms with Gasteiger partial charge in [-0.3, -0.25) is 0 Å². The molecule has 0 heterocycles. The second-order valence-electron chi connectivity index (χ2n) is 6.93. The summed E-state index contributed by atoms with van der Waals surface area (Å²) >= 11 is 0. The summed E-state index contributed by atoms with van der Waals surface area (Å²) in [6.45, 7) is 7.10. The summed E-state index contributed by atoms with van der Waals surface area (Å²) in [4.78, 5) is 4.50. The van der Waals surface area contributed by atoms with E-state index in [1.54, 1.807) is 0 Å². The minimum atomic E-state index is 1.16. The molecule has 0 rings (SSSR count). The fourth-order valence-corrected chi connectivity index (χ4v) is 2.50. The normalized spacial score (nSPS) is 11.7. The Morgan fingerprint density at radius 1 is 0.455 bits per heavy atom. The van der Waals surface area contributed by atoms with Crippen molar-refractivity contribution in [2.24, 2.45) is 0 Å². The van der Waals surface area contributed by atoms with E-state index >= 15 is 0 Å². The Morgan fingerprint density at radius 3 is 1.14 bits per heavy atom. The number of nitrogens with one attached hydrogen (secondary N) is 2. The first-order valence-corrected chi connectivity index (χ1v) is 9.34. The largest absolute Gasteiger partial charge is 0.317 e. The van der Waals surface area contributed by atoms with Crippen molar-refractivity contribution in [3.8, 4) is 0 Å². The van der Waals surface area contributed by atoms with Crippen LogP contribution in [0.15, 0.2) is 0 Å². The van der Waals surface area contributed by atoms with Gasteiger partial charge in [0.2, 0.25) is 0 Å². The van der Waals surface area contributed by atoms with Crippen molar-refractivity contribution in [1.82, 2.24) is 20.4 Å². The molecule has 0 fully saturated rings. The van der Waals surface area contributed by atoms with E-state index in [-0.39, 0.29) is 0 Å². The van der Waals surface area contributed by atoms with Crippen LogP contribution < -0.4 is 10.6 Å². The van der Waals surface area contributed by atoms with Gasteiger partial charge in [0.15, 0.2) is 0 Å². The molecule has 0 saturated carbocycles. The molecular weight excluding hydrogens is 272 g/mol. The average Bonchev–Trinajstić information content (AvgIpc) is 2.46. The molecule has 0 aromatic heterocycles. The zero-order chi connectivity index (χ0) is 16.5. The van der Waals surface area contributed by atoms with Crippen LogP contribution in [-0.4, -0.2) is 77.3 Å². The minimum Gasteiger partial charge on any atom is -0.317 e. The zero-order valence-corrected chi connectivity index (χ0v) is 15.8. The van der Waals surface area contributed by atoms with Crippen LogP contribution >= 0.6 is 0 Å². The molecule has 0 aliphatic heterocycles. The van der Waals surface area contributed by atoms with Crippen molar-refractivity contribution in [2.75, 3.05) is 67.5 Å². The van der Waals surface area contributed by atoms with E-state index in [0.29, 0.717) is 0 Å². The summed E-state index contributed by atoms with van der Waals surface area (Å²) in [6, 6.07) is 0. The van der Waals surface area contributed by atoms with Crippen molar-refractivity contribution in [3.63, 3.8) is 0 Å². The van der Waals surface area contributed by atoms with Crippen LogP contribution in [0.4, 0.5) is 0 Å². The van der Waals surface area contributed by atoms with Gasteiger partial charge in [0.1, 0.15) is 0 Å². The van der Waals surface area contributed by atoms with Crippen LogP contribution in [0.2, 0.25) is 0 Å². The number of rotatable bonds is 17. The van der Waals surface area contributed by atoms with Gasteiger partial charge in [0.25, 0.3) is 0 Å². The highest BCUT2D eigenvalue weighted by atomic mass is 15.1. The third kappa shape index (κ3) is 19.8. The quantitative estimate of drug-likeness (QED) is 0.404. The van der Waals surface area contributed by atoms with Gasteiger partial charge in [-0.15, -0.1) is 0 Å². The van der Waals surface area contributed by atoms with Gasteiger partial charge in [-0.25, -0.2) is 0 Å². The van der Waals surface area contributed by atoms with Crippen molar-refractivity contribution in [2.45, 2.75) is 51.4 Å². The van der Waals surface area contributed by atoms with E-state index in [9.17, 15) is 0 Å². The minimum absolute atomic E-state index is 1.16. The first-order valence-electron chi connectivity index (χ1n) is 9.34. The molecular formula is C18H42N4. The summed E-state index contributed by atoms with van der Waals surface area (Å²) in [5, 5.41) is 7.08. The fourth-order valence-electron chi connectivity index (χ4n) is 2.50. The Balaban J connectivity index is 2.97. The fraction of sp³-hybridized carbons (Fsp3) is 1.00. The lowest BCUT2D eigenvalue weighted by Gasteiger charge is -2.10. The second kappa shape index (κ2) is 17.2. The van der Waals surface area contributed by atoms with Crippen LogP contribution in [0.1, 0.15) is 51.4 Å². The molecule has 0 aromatic carbocycles. The van der Waals surface area contributed by atoms with E-state index in [2.05, 4.69) is 48.6 Å². The molecule has 0 spiro atoms. The Labute approximate surface area is 140 Å². The van der Waals surface area contributed by atoms with Crippen molar-refractivity contribution in [3.05, 3.63) is 0 Å². The molecule has 4 heteroatoms. The van der Waals surface area contributed by atoms with E-state index in [0.717, 1.165) is 13.1 Å². The average molecular weight is 315 g/mol. The van der Waals surface area contributed by atoms with Gasteiger partial charge < -0.3 is 20.4 Å². The molecule has 134 valence electrons. The van der Waals surface area contributed by atoms with Crippen LogP contribution in [0.25, 0.3) is 0 Å². The molecule has 0 aliphatic carbocycles. The molecule has 0 aromatic rings. The Morgan fingerprint density at radius 2 is 0.773 bits per heavy atom. The maximum Gasteiger partial charge on any atom is -0.00127 e. The molecule has 2 N–H and O–H groups in total. The number of nitrogens with zero attached hydrogens (tertiary/aromatic N) is 2. The number of hydrogen-bond acceptors (Lipinski definition) is 4. The van der Waals surface area contributed by atoms with E-state index < -0.39 is 0 Å². The first-order chi connectivity index (χ1) is 10.6. The lowest BCUT2D eigenvalue weighted by Crippen LogP contribution is -2.22. The molecule has 0 radical (unpaired) electrons. The molecule has 0 aliphatic rings. The van der Waals surface area contributed by atoms with Crippen molar-refractivity contribution in [1.29, 1.82) is 0 Å². The maximum absolute atomic E-state index is 3.54. The topological polar surface area (TPSA) is 30.5 Å². The molecule has 4 nitrogen and oxygen atoms in total. The highest BCUT2D eigenvalue weighted by Gasteiger charge is 1.94. The van der Waals surface area contributed by atoms with Gasteiger partial charge in [0, 0.05) is 0 Å². The summed E-state index contributed by atoms with van der Waals surface area (Å²) in [7, 11) is 8.55. The highest BCUT2D eigenvalue weighted by molar-refractivity contribution is 4.54. The Bertz CT molecular complexity index is 185. The van der Waals surface area contributed by atoms with Crippen LogP contribution in [0.5, 0.6) is 0 Å². The van der Waals surface area contributed by atoms with Crippen LogP contribution in [0, 0.1) is 0 Å². The molecule has 22 heavy (non-hydrogen) atoms. The van der Waals surface area contributed by atoms with Gasteiger partial charge in [-0.1, -0.05) is 25.7 Å². The van der Waals surface area contributed by atoms with Crippen molar-refractivity contribution >= 4 is 0 Å². The summed E-state index contributed by atoms with van der Waals surface area (Å²) in [5.74, 6) is 0. The van der Waals surface area contributed by atoms with Crippen LogP contribution in [-0.2, 0) is 0 Å². The van der Waals surface area contributed by atoms with E-state index in [4.69, 9.17) is 0 Å². The van der Waals surface area contributed by atoms with Gasteiger partial charge in [-0.05, 0) is 93.1 Å². The summed E-state index contributed by atoms with van der Waals surface area (Å²) in [5.41, 5.74) is 0. The lowest BCUT2D eigenvalue weighted by molar-refractivity contribution is 0.393. The smallest absolute Gasteiger partial charge is 0.00127 e. The van der Waals surface area contributed by atoms with Gasteiger partial charge >= 0.3 is 0 Å². The van der Waals surface area contributed by atoms with Crippen molar-refractivity contribution < 1.29 is 0 Å². The standard InChI is InChI=1S/C18H42N4/c1-21(2)17-11-15-19-13-9-7-5-6-8-10-14-20-16-12-18-22(3)4/h19-20H,5-18H2,1-4H3. The Kier molecular flexibility index (Phi) is 17.1. The molecule has 0 bridgehead atoms. The lowest BCUT2D eigenvalue weighted by atomic mass is 10.1. The predicted octanol–water partition coefficient (Wildman–Crippen LogP) is 2.41. The maximum atomic E-state index is 3.54. The summed E-state index contributed by atoms with van der Waals surface area (Å²) < 4.78 is 0. The van der Waals surface area contributed by atoms with Crippen LogP contribution in [0.3, 0.4) is 0 Å². The van der Waals surface area contributed by atoms with Gasteiger partial charge in [-0.2, -0.15) is 0 Å².